The van der Waals surface area contributed by atoms with Crippen LogP contribution in [0.3, 0.4) is 0 Å². The molecule has 10 heteroatoms. The van der Waals surface area contributed by atoms with Gasteiger partial charge in [0.15, 0.2) is 0 Å². The molecule has 20 heavy (non-hydrogen) atoms. The van der Waals surface area contributed by atoms with E-state index in [9.17, 15) is 30.7 Å². The molecule has 0 radical (unpaired) electrons. The van der Waals surface area contributed by atoms with Crippen molar-refractivity contribution in [3.05, 3.63) is 0 Å². The van der Waals surface area contributed by atoms with Gasteiger partial charge in [-0.05, 0) is 28.8 Å². The smallest absolute Gasteiger partial charge is 0.199 e. The first kappa shape index (κ1) is 19.0. The third-order valence-electron chi connectivity index (χ3n) is 2.54. The molecule has 0 aromatic heterocycles. The van der Waals surface area contributed by atoms with E-state index in [1.54, 1.807) is 0 Å². The van der Waals surface area contributed by atoms with Crippen LogP contribution in [0.25, 0.3) is 0 Å². The molecule has 0 rings (SSSR count). The van der Waals surface area contributed by atoms with Crippen LogP contribution in [0.15, 0.2) is 0 Å². The molecule has 0 fully saturated rings. The fraction of sp³-hybridized carbons (Fsp3) is 0.800. The first-order valence-electron chi connectivity index (χ1n) is 5.12. The van der Waals surface area contributed by atoms with Gasteiger partial charge in [-0.15, -0.1) is 0 Å². The molecular formula is C10H8BrF7N2. The Morgan fingerprint density at radius 2 is 1.15 bits per heavy atom. The van der Waals surface area contributed by atoms with Crippen LogP contribution in [0.5, 0.6) is 0 Å². The molecular weight excluding hydrogens is 361 g/mol. The van der Waals surface area contributed by atoms with Crippen molar-refractivity contribution in [2.75, 3.05) is 0 Å². The van der Waals surface area contributed by atoms with Gasteiger partial charge in [-0.25, -0.2) is 0 Å². The summed E-state index contributed by atoms with van der Waals surface area (Å²) in [5.41, 5.74) is -2.38. The summed E-state index contributed by atoms with van der Waals surface area (Å²) in [6.07, 6.45) is -9.95. The Kier molecular flexibility index (Phi) is 5.85. The fourth-order valence-electron chi connectivity index (χ4n) is 1.24. The molecule has 0 atom stereocenters. The van der Waals surface area contributed by atoms with Crippen LogP contribution in [0, 0.1) is 28.1 Å². The predicted molar refractivity (Wildman–Crippen MR) is 57.0 cm³/mol. The predicted octanol–water partition coefficient (Wildman–Crippen LogP) is 4.77. The molecule has 0 aromatic rings. The maximum atomic E-state index is 13.0. The van der Waals surface area contributed by atoms with Crippen LogP contribution in [0.2, 0.25) is 0 Å². The minimum Gasteiger partial charge on any atom is -0.199 e. The Morgan fingerprint density at radius 3 is 1.45 bits per heavy atom. The molecule has 0 amide bonds. The monoisotopic (exact) mass is 368 g/mol. The zero-order valence-electron chi connectivity index (χ0n) is 9.75. The summed E-state index contributed by atoms with van der Waals surface area (Å²) in [4.78, 5) is -4.57. The Morgan fingerprint density at radius 1 is 0.750 bits per heavy atom. The molecule has 0 bridgehead atoms. The van der Waals surface area contributed by atoms with Gasteiger partial charge in [0.05, 0.1) is 12.1 Å². The van der Waals surface area contributed by atoms with Gasteiger partial charge in [0.2, 0.25) is 0 Å². The van der Waals surface area contributed by atoms with Crippen molar-refractivity contribution in [2.24, 2.45) is 5.41 Å². The van der Waals surface area contributed by atoms with Crippen LogP contribution < -0.4 is 0 Å². The van der Waals surface area contributed by atoms with E-state index in [0.717, 1.165) is 0 Å². The summed E-state index contributed by atoms with van der Waals surface area (Å²) < 4.78 is 87.0. The molecule has 0 aliphatic heterocycles. The van der Waals surface area contributed by atoms with Gasteiger partial charge in [-0.3, -0.25) is 0 Å². The Hall–Kier alpha value is -1.03. The van der Waals surface area contributed by atoms with Gasteiger partial charge in [-0.2, -0.15) is 41.3 Å². The molecule has 0 heterocycles. The molecule has 0 saturated heterocycles. The lowest BCUT2D eigenvalue weighted by atomic mass is 9.81. The first-order valence-corrected chi connectivity index (χ1v) is 5.92. The normalized spacial score (nSPS) is 13.7. The van der Waals surface area contributed by atoms with Gasteiger partial charge < -0.3 is 0 Å². The van der Waals surface area contributed by atoms with Crippen molar-refractivity contribution >= 4 is 15.9 Å². The van der Waals surface area contributed by atoms with E-state index in [2.05, 4.69) is 0 Å². The highest BCUT2D eigenvalue weighted by Gasteiger charge is 2.55. The van der Waals surface area contributed by atoms with Crippen molar-refractivity contribution in [3.8, 4) is 12.1 Å². The van der Waals surface area contributed by atoms with Crippen molar-refractivity contribution < 1.29 is 30.7 Å². The highest BCUT2D eigenvalue weighted by molar-refractivity contribution is 9.10. The molecule has 0 saturated carbocycles. The lowest BCUT2D eigenvalue weighted by molar-refractivity contribution is -0.155. The van der Waals surface area contributed by atoms with Crippen LogP contribution in [0.1, 0.15) is 25.7 Å². The third kappa shape index (κ3) is 5.53. The Bertz CT molecular complexity index is 399. The molecule has 0 aromatic carbocycles. The van der Waals surface area contributed by atoms with Gasteiger partial charge in [0.25, 0.3) is 0 Å². The summed E-state index contributed by atoms with van der Waals surface area (Å²) in [5, 5.41) is 17.4. The average molecular weight is 369 g/mol. The number of alkyl halides is 8. The quantitative estimate of drug-likeness (QED) is 0.501. The highest BCUT2D eigenvalue weighted by Crippen LogP contribution is 2.45. The first-order chi connectivity index (χ1) is 8.79. The second-order valence-electron chi connectivity index (χ2n) is 4.12. The number of hydrogen-bond acceptors (Lipinski definition) is 2. The molecule has 0 spiro atoms. The van der Waals surface area contributed by atoms with Crippen molar-refractivity contribution in [1.82, 2.24) is 0 Å². The van der Waals surface area contributed by atoms with E-state index in [0.29, 0.717) is 0 Å². The second-order valence-corrected chi connectivity index (χ2v) is 5.12. The maximum Gasteiger partial charge on any atom is 0.389 e. The molecule has 0 N–H and O–H groups in total. The van der Waals surface area contributed by atoms with E-state index in [1.807, 2.05) is 0 Å². The van der Waals surface area contributed by atoms with Gasteiger partial charge in [0.1, 0.15) is 5.41 Å². The second kappa shape index (κ2) is 6.17. The zero-order valence-corrected chi connectivity index (χ0v) is 11.3. The summed E-state index contributed by atoms with van der Waals surface area (Å²) in [6.45, 7) is 0. The number of nitrogens with zero attached hydrogens (tertiary/aromatic N) is 2. The van der Waals surface area contributed by atoms with Crippen LogP contribution in [-0.2, 0) is 0 Å². The van der Waals surface area contributed by atoms with Crippen LogP contribution in [-0.4, -0.2) is 16.9 Å². The highest BCUT2D eigenvalue weighted by atomic mass is 79.9. The lowest BCUT2D eigenvalue weighted by Crippen LogP contribution is -2.36. The van der Waals surface area contributed by atoms with E-state index < -0.39 is 48.0 Å². The average Bonchev–Trinajstić information content (AvgIpc) is 2.27. The van der Waals surface area contributed by atoms with Gasteiger partial charge in [0, 0.05) is 12.8 Å². The summed E-state index contributed by atoms with van der Waals surface area (Å²) in [5.74, 6) is -4.58. The molecule has 114 valence electrons. The summed E-state index contributed by atoms with van der Waals surface area (Å²) >= 11 is 1.45. The van der Waals surface area contributed by atoms with Crippen molar-refractivity contribution in [2.45, 2.75) is 42.6 Å². The maximum absolute atomic E-state index is 13.0. The lowest BCUT2D eigenvalue weighted by Gasteiger charge is -2.25. The zero-order chi connectivity index (χ0) is 16.2. The van der Waals surface area contributed by atoms with Crippen molar-refractivity contribution in [3.63, 3.8) is 0 Å². The van der Waals surface area contributed by atoms with E-state index in [4.69, 9.17) is 10.5 Å². The summed E-state index contributed by atoms with van der Waals surface area (Å²) in [6, 6.07) is 2.41. The van der Waals surface area contributed by atoms with E-state index in [-0.39, 0.29) is 0 Å². The number of rotatable bonds is 6. The van der Waals surface area contributed by atoms with E-state index in [1.165, 1.54) is 28.1 Å². The van der Waals surface area contributed by atoms with Gasteiger partial charge >= 0.3 is 16.9 Å². The number of hydrogen-bond donors (Lipinski definition) is 0. The Labute approximate surface area is 118 Å². The van der Waals surface area contributed by atoms with Crippen LogP contribution >= 0.6 is 15.9 Å². The van der Waals surface area contributed by atoms with Gasteiger partial charge in [-0.1, -0.05) is 0 Å². The standard InChI is InChI=1S/C10H8BrF7N2/c11-10(17,18)8(12,13)3-1-7(5-19,6-20)2-4-9(14,15)16/h1-4H2. The number of nitriles is 2. The topological polar surface area (TPSA) is 47.6 Å². The molecule has 0 aliphatic rings. The minimum absolute atomic E-state index is 1.05. The van der Waals surface area contributed by atoms with E-state index >= 15 is 0 Å². The molecule has 0 unspecified atom stereocenters. The minimum atomic E-state index is -4.68. The van der Waals surface area contributed by atoms with Crippen LogP contribution in [0.4, 0.5) is 30.7 Å². The van der Waals surface area contributed by atoms with Crippen molar-refractivity contribution in [1.29, 1.82) is 10.5 Å². The third-order valence-corrected chi connectivity index (χ3v) is 3.12. The summed E-state index contributed by atoms with van der Waals surface area (Å²) in [7, 11) is 0. The fourth-order valence-corrected chi connectivity index (χ4v) is 1.44. The number of halogens is 8. The molecule has 0 aliphatic carbocycles. The SMILES string of the molecule is N#CC(C#N)(CCC(F)(F)F)CCC(F)(F)C(F)(F)Br. The largest absolute Gasteiger partial charge is 0.389 e. The Balaban J connectivity index is 4.90. The molecule has 2 nitrogen and oxygen atoms in total.